The van der Waals surface area contributed by atoms with Gasteiger partial charge in [0.2, 0.25) is 0 Å². The van der Waals surface area contributed by atoms with Crippen LogP contribution in [0.3, 0.4) is 0 Å². The number of nitrogens with one attached hydrogen (secondary N) is 2. The van der Waals surface area contributed by atoms with E-state index >= 15 is 0 Å². The Balaban J connectivity index is 2.15. The fraction of sp³-hybridized carbons (Fsp3) is 0.938. The Morgan fingerprint density at radius 2 is 1.76 bits per heavy atom. The highest BCUT2D eigenvalue weighted by Crippen LogP contribution is 2.11. The van der Waals surface area contributed by atoms with Gasteiger partial charge in [-0.3, -0.25) is 4.90 Å². The van der Waals surface area contributed by atoms with E-state index in [4.69, 9.17) is 4.74 Å². The van der Waals surface area contributed by atoms with Gasteiger partial charge in [-0.05, 0) is 60.5 Å². The Labute approximate surface area is 129 Å². The van der Waals surface area contributed by atoms with Crippen LogP contribution in [-0.2, 0) is 4.74 Å². The van der Waals surface area contributed by atoms with Gasteiger partial charge in [0.25, 0.3) is 0 Å². The van der Waals surface area contributed by atoms with E-state index in [0.29, 0.717) is 12.6 Å². The molecule has 0 spiro atoms. The number of amides is 1. The lowest BCUT2D eigenvalue weighted by Gasteiger charge is -2.33. The summed E-state index contributed by atoms with van der Waals surface area (Å²) in [6.45, 7) is 13.9. The molecule has 2 unspecified atom stereocenters. The van der Waals surface area contributed by atoms with Crippen molar-refractivity contribution in [1.29, 1.82) is 0 Å². The molecule has 2 N–H and O–H groups in total. The van der Waals surface area contributed by atoms with Crippen LogP contribution in [-0.4, -0.2) is 54.9 Å². The van der Waals surface area contributed by atoms with Crippen LogP contribution < -0.4 is 10.6 Å². The summed E-state index contributed by atoms with van der Waals surface area (Å²) in [4.78, 5) is 14.1. The zero-order chi connectivity index (χ0) is 15.9. The number of alkyl carbamates (subject to hydrolysis) is 1. The Kier molecular flexibility index (Phi) is 7.46. The maximum atomic E-state index is 11.6. The molecule has 1 aliphatic heterocycles. The van der Waals surface area contributed by atoms with Crippen molar-refractivity contribution in [3.8, 4) is 0 Å². The molecule has 0 bridgehead atoms. The number of carbonyl (C=O) groups excluding carboxylic acids is 1. The van der Waals surface area contributed by atoms with Gasteiger partial charge in [0.1, 0.15) is 5.60 Å². The molecule has 0 aromatic rings. The van der Waals surface area contributed by atoms with Crippen LogP contribution in [0.2, 0.25) is 0 Å². The molecule has 5 heteroatoms. The summed E-state index contributed by atoms with van der Waals surface area (Å²) >= 11 is 0. The van der Waals surface area contributed by atoms with Crippen molar-refractivity contribution in [2.75, 3.05) is 26.2 Å². The summed E-state index contributed by atoms with van der Waals surface area (Å²) in [5.41, 5.74) is -0.441. The fourth-order valence-corrected chi connectivity index (χ4v) is 2.48. The average molecular weight is 299 g/mol. The Hall–Kier alpha value is -0.810. The lowest BCUT2D eigenvalue weighted by Crippen LogP contribution is -2.47. The lowest BCUT2D eigenvalue weighted by molar-refractivity contribution is 0.0523. The standard InChI is InChI=1S/C16H33N3O2/c1-13(11-18-15(20)21-16(3,4)5)17-12-14(2)19-9-7-6-8-10-19/h13-14,17H,6-12H2,1-5H3,(H,18,20). The minimum Gasteiger partial charge on any atom is -0.444 e. The summed E-state index contributed by atoms with van der Waals surface area (Å²) in [5, 5.41) is 6.29. The van der Waals surface area contributed by atoms with Crippen molar-refractivity contribution >= 4 is 6.09 Å². The van der Waals surface area contributed by atoms with Crippen LogP contribution in [0.4, 0.5) is 4.79 Å². The molecule has 1 saturated heterocycles. The summed E-state index contributed by atoms with van der Waals surface area (Å²) < 4.78 is 5.22. The second-order valence-electron chi connectivity index (χ2n) is 7.14. The van der Waals surface area contributed by atoms with Gasteiger partial charge in [-0.15, -0.1) is 0 Å². The summed E-state index contributed by atoms with van der Waals surface area (Å²) in [5.74, 6) is 0. The molecule has 1 aliphatic rings. The number of carbonyl (C=O) groups is 1. The maximum absolute atomic E-state index is 11.6. The average Bonchev–Trinajstić information content (AvgIpc) is 2.41. The number of ether oxygens (including phenoxy) is 1. The SMILES string of the molecule is CC(CNC(=O)OC(C)(C)C)NCC(C)N1CCCCC1. The molecule has 0 aliphatic carbocycles. The quantitative estimate of drug-likeness (QED) is 0.790. The molecule has 1 amide bonds. The van der Waals surface area contributed by atoms with Gasteiger partial charge >= 0.3 is 6.09 Å². The fourth-order valence-electron chi connectivity index (χ4n) is 2.48. The normalized spacial score (nSPS) is 19.9. The highest BCUT2D eigenvalue weighted by Gasteiger charge is 2.18. The molecular weight excluding hydrogens is 266 g/mol. The van der Waals surface area contributed by atoms with Gasteiger partial charge < -0.3 is 15.4 Å². The monoisotopic (exact) mass is 299 g/mol. The highest BCUT2D eigenvalue weighted by atomic mass is 16.6. The minimum atomic E-state index is -0.441. The number of piperidine rings is 1. The summed E-state index contributed by atoms with van der Waals surface area (Å²) in [6, 6.07) is 0.791. The van der Waals surface area contributed by atoms with E-state index in [0.717, 1.165) is 6.54 Å². The number of nitrogens with zero attached hydrogens (tertiary/aromatic N) is 1. The zero-order valence-electron chi connectivity index (χ0n) is 14.4. The summed E-state index contributed by atoms with van der Waals surface area (Å²) in [6.07, 6.45) is 3.66. The van der Waals surface area contributed by atoms with Crippen LogP contribution in [0.25, 0.3) is 0 Å². The molecule has 0 radical (unpaired) electrons. The number of hydrogen-bond donors (Lipinski definition) is 2. The van der Waals surface area contributed by atoms with Crippen LogP contribution >= 0.6 is 0 Å². The zero-order valence-corrected chi connectivity index (χ0v) is 14.4. The molecule has 21 heavy (non-hydrogen) atoms. The predicted molar refractivity (Wildman–Crippen MR) is 86.6 cm³/mol. The topological polar surface area (TPSA) is 53.6 Å². The van der Waals surface area contributed by atoms with Crippen LogP contribution in [0, 0.1) is 0 Å². The predicted octanol–water partition coefficient (Wildman–Crippen LogP) is 2.36. The largest absolute Gasteiger partial charge is 0.444 e. The van der Waals surface area contributed by atoms with Crippen molar-refractivity contribution < 1.29 is 9.53 Å². The molecule has 1 heterocycles. The van der Waals surface area contributed by atoms with Crippen molar-refractivity contribution in [2.45, 2.75) is 71.6 Å². The maximum Gasteiger partial charge on any atom is 0.407 e. The molecule has 0 saturated carbocycles. The van der Waals surface area contributed by atoms with Gasteiger partial charge in [-0.1, -0.05) is 6.42 Å². The van der Waals surface area contributed by atoms with E-state index in [1.54, 1.807) is 0 Å². The first-order valence-corrected chi connectivity index (χ1v) is 8.22. The van der Waals surface area contributed by atoms with Crippen molar-refractivity contribution in [2.24, 2.45) is 0 Å². The van der Waals surface area contributed by atoms with E-state index < -0.39 is 5.60 Å². The summed E-state index contributed by atoms with van der Waals surface area (Å²) in [7, 11) is 0. The smallest absolute Gasteiger partial charge is 0.407 e. The highest BCUT2D eigenvalue weighted by molar-refractivity contribution is 5.67. The van der Waals surface area contributed by atoms with Gasteiger partial charge in [-0.2, -0.15) is 0 Å². The Morgan fingerprint density at radius 3 is 2.33 bits per heavy atom. The molecule has 0 aromatic heterocycles. The van der Waals surface area contributed by atoms with E-state index in [2.05, 4.69) is 29.4 Å². The van der Waals surface area contributed by atoms with Crippen molar-refractivity contribution in [1.82, 2.24) is 15.5 Å². The molecule has 2 atom stereocenters. The molecular formula is C16H33N3O2. The third kappa shape index (κ3) is 8.27. The van der Waals surface area contributed by atoms with Crippen LogP contribution in [0.5, 0.6) is 0 Å². The third-order valence-corrected chi connectivity index (χ3v) is 3.73. The molecule has 0 aromatic carbocycles. The first-order valence-electron chi connectivity index (χ1n) is 8.22. The first kappa shape index (κ1) is 18.2. The van der Waals surface area contributed by atoms with Crippen LogP contribution in [0.15, 0.2) is 0 Å². The van der Waals surface area contributed by atoms with E-state index in [-0.39, 0.29) is 12.1 Å². The molecule has 1 fully saturated rings. The van der Waals surface area contributed by atoms with E-state index in [9.17, 15) is 4.79 Å². The minimum absolute atomic E-state index is 0.241. The molecule has 124 valence electrons. The van der Waals surface area contributed by atoms with Crippen molar-refractivity contribution in [3.63, 3.8) is 0 Å². The van der Waals surface area contributed by atoms with Gasteiger partial charge in [0, 0.05) is 25.2 Å². The van der Waals surface area contributed by atoms with E-state index in [1.165, 1.54) is 32.4 Å². The number of rotatable bonds is 6. The second kappa shape index (κ2) is 8.59. The Morgan fingerprint density at radius 1 is 1.14 bits per heavy atom. The van der Waals surface area contributed by atoms with Gasteiger partial charge in [0.05, 0.1) is 0 Å². The number of likely N-dealkylation sites (tertiary alicyclic amines) is 1. The molecule has 1 rings (SSSR count). The number of hydrogen-bond acceptors (Lipinski definition) is 4. The van der Waals surface area contributed by atoms with Crippen molar-refractivity contribution in [3.05, 3.63) is 0 Å². The van der Waals surface area contributed by atoms with Gasteiger partial charge in [0.15, 0.2) is 0 Å². The van der Waals surface area contributed by atoms with E-state index in [1.807, 2.05) is 20.8 Å². The van der Waals surface area contributed by atoms with Crippen LogP contribution in [0.1, 0.15) is 53.9 Å². The Bertz CT molecular complexity index is 309. The lowest BCUT2D eigenvalue weighted by atomic mass is 10.1. The molecule has 5 nitrogen and oxygen atoms in total. The van der Waals surface area contributed by atoms with Gasteiger partial charge in [-0.25, -0.2) is 4.79 Å². The second-order valence-corrected chi connectivity index (χ2v) is 7.14. The third-order valence-electron chi connectivity index (χ3n) is 3.73. The first-order chi connectivity index (χ1) is 9.78.